The fourth-order valence-corrected chi connectivity index (χ4v) is 3.84. The maximum absolute atomic E-state index is 12.6. The Balaban J connectivity index is 1.52. The van der Waals surface area contributed by atoms with Crippen LogP contribution in [-0.2, 0) is 17.8 Å². The highest BCUT2D eigenvalue weighted by Gasteiger charge is 2.23. The minimum atomic E-state index is 0.174. The first kappa shape index (κ1) is 22.4. The molecule has 0 aromatic heterocycles. The van der Waals surface area contributed by atoms with Gasteiger partial charge in [-0.15, -0.1) is 0 Å². The number of benzene rings is 2. The smallest absolute Gasteiger partial charge is 0.222 e. The minimum absolute atomic E-state index is 0.174. The van der Waals surface area contributed by atoms with Crippen molar-refractivity contribution in [3.05, 3.63) is 53.1 Å². The van der Waals surface area contributed by atoms with Crippen molar-refractivity contribution in [1.82, 2.24) is 9.80 Å². The number of aryl methyl sites for hydroxylation is 1. The first-order chi connectivity index (χ1) is 15.1. The van der Waals surface area contributed by atoms with Crippen LogP contribution in [0.3, 0.4) is 0 Å². The van der Waals surface area contributed by atoms with E-state index in [1.807, 2.05) is 29.2 Å². The molecule has 1 fully saturated rings. The lowest BCUT2D eigenvalue weighted by molar-refractivity contribution is -0.133. The molecule has 0 aliphatic carbocycles. The molecule has 0 saturated carbocycles. The Morgan fingerprint density at radius 3 is 2.19 bits per heavy atom. The van der Waals surface area contributed by atoms with Crippen LogP contribution < -0.4 is 14.2 Å². The Labute approximate surface area is 183 Å². The molecule has 7 heteroatoms. The molecule has 0 atom stereocenters. The highest BCUT2D eigenvalue weighted by Crippen LogP contribution is 2.40. The molecule has 2 aromatic rings. The molecule has 0 bridgehead atoms. The van der Waals surface area contributed by atoms with E-state index in [0.717, 1.165) is 30.8 Å². The number of nitrogens with zero attached hydrogens (tertiary/aromatic N) is 3. The molecule has 1 aliphatic rings. The van der Waals surface area contributed by atoms with Crippen LogP contribution >= 0.6 is 0 Å². The standard InChI is InChI=1S/C24H29N3O4/c1-29-21-10-9-20(23(30-2)24(21)31-3)17-26-12-14-27(15-13-26)22(28)11-8-18-4-6-19(16-25)7-5-18/h4-7,9-10H,8,11-15,17H2,1-3H3. The summed E-state index contributed by atoms with van der Waals surface area (Å²) in [5, 5.41) is 8.88. The molecule has 0 unspecified atom stereocenters. The molecule has 1 amide bonds. The van der Waals surface area contributed by atoms with E-state index in [4.69, 9.17) is 19.5 Å². The largest absolute Gasteiger partial charge is 0.493 e. The second-order valence-electron chi connectivity index (χ2n) is 7.46. The summed E-state index contributed by atoms with van der Waals surface area (Å²) in [5.74, 6) is 2.09. The zero-order valence-electron chi connectivity index (χ0n) is 18.4. The fraction of sp³-hybridized carbons (Fsp3) is 0.417. The van der Waals surface area contributed by atoms with Gasteiger partial charge in [0.15, 0.2) is 11.5 Å². The van der Waals surface area contributed by atoms with E-state index < -0.39 is 0 Å². The number of carbonyl (C=O) groups excluding carboxylic acids is 1. The molecule has 0 spiro atoms. The van der Waals surface area contributed by atoms with E-state index in [1.165, 1.54) is 0 Å². The van der Waals surface area contributed by atoms with Gasteiger partial charge in [0.25, 0.3) is 0 Å². The van der Waals surface area contributed by atoms with Gasteiger partial charge in [0, 0.05) is 44.7 Å². The second-order valence-corrected chi connectivity index (χ2v) is 7.46. The molecule has 0 N–H and O–H groups in total. The van der Waals surface area contributed by atoms with E-state index >= 15 is 0 Å². The average molecular weight is 424 g/mol. The van der Waals surface area contributed by atoms with Crippen LogP contribution in [0, 0.1) is 11.3 Å². The number of hydrogen-bond donors (Lipinski definition) is 0. The average Bonchev–Trinajstić information content (AvgIpc) is 2.82. The summed E-state index contributed by atoms with van der Waals surface area (Å²) in [6.45, 7) is 3.75. The van der Waals surface area contributed by atoms with Crippen molar-refractivity contribution in [2.24, 2.45) is 0 Å². The van der Waals surface area contributed by atoms with Crippen LogP contribution in [0.25, 0.3) is 0 Å². The Morgan fingerprint density at radius 1 is 0.935 bits per heavy atom. The lowest BCUT2D eigenvalue weighted by Gasteiger charge is -2.35. The van der Waals surface area contributed by atoms with Crippen LogP contribution in [0.15, 0.2) is 36.4 Å². The van der Waals surface area contributed by atoms with Crippen molar-refractivity contribution in [2.75, 3.05) is 47.5 Å². The van der Waals surface area contributed by atoms with Crippen molar-refractivity contribution in [3.8, 4) is 23.3 Å². The predicted molar refractivity (Wildman–Crippen MR) is 117 cm³/mol. The summed E-state index contributed by atoms with van der Waals surface area (Å²) in [5.41, 5.74) is 2.74. The lowest BCUT2D eigenvalue weighted by atomic mass is 10.1. The van der Waals surface area contributed by atoms with Crippen LogP contribution in [0.4, 0.5) is 0 Å². The van der Waals surface area contributed by atoms with Gasteiger partial charge in [-0.25, -0.2) is 0 Å². The summed E-state index contributed by atoms with van der Waals surface area (Å²) >= 11 is 0. The summed E-state index contributed by atoms with van der Waals surface area (Å²) in [4.78, 5) is 16.9. The Hall–Kier alpha value is -3.24. The normalized spacial score (nSPS) is 14.1. The summed E-state index contributed by atoms with van der Waals surface area (Å²) in [6, 6.07) is 13.4. The summed E-state index contributed by atoms with van der Waals surface area (Å²) in [7, 11) is 4.84. The van der Waals surface area contributed by atoms with Crippen LogP contribution in [-0.4, -0.2) is 63.2 Å². The number of piperazine rings is 1. The van der Waals surface area contributed by atoms with Crippen molar-refractivity contribution >= 4 is 5.91 Å². The van der Waals surface area contributed by atoms with Gasteiger partial charge in [0.1, 0.15) is 0 Å². The van der Waals surface area contributed by atoms with Crippen molar-refractivity contribution in [2.45, 2.75) is 19.4 Å². The van der Waals surface area contributed by atoms with Crippen molar-refractivity contribution < 1.29 is 19.0 Å². The molecular formula is C24H29N3O4. The lowest BCUT2D eigenvalue weighted by Crippen LogP contribution is -2.48. The summed E-state index contributed by atoms with van der Waals surface area (Å²) < 4.78 is 16.4. The molecule has 164 valence electrons. The molecule has 7 nitrogen and oxygen atoms in total. The minimum Gasteiger partial charge on any atom is -0.493 e. The molecule has 3 rings (SSSR count). The third-order valence-corrected chi connectivity index (χ3v) is 5.62. The van der Waals surface area contributed by atoms with E-state index in [0.29, 0.717) is 48.7 Å². The van der Waals surface area contributed by atoms with Gasteiger partial charge in [-0.1, -0.05) is 18.2 Å². The van der Waals surface area contributed by atoms with Crippen molar-refractivity contribution in [3.63, 3.8) is 0 Å². The third kappa shape index (κ3) is 5.47. The Kier molecular flexibility index (Phi) is 7.74. The number of amides is 1. The number of ether oxygens (including phenoxy) is 3. The van der Waals surface area contributed by atoms with Gasteiger partial charge in [0.05, 0.1) is 33.0 Å². The zero-order valence-corrected chi connectivity index (χ0v) is 18.4. The molecule has 1 heterocycles. The van der Waals surface area contributed by atoms with E-state index in [-0.39, 0.29) is 5.91 Å². The second kappa shape index (κ2) is 10.7. The molecule has 1 saturated heterocycles. The van der Waals surface area contributed by atoms with Gasteiger partial charge < -0.3 is 19.1 Å². The molecular weight excluding hydrogens is 394 g/mol. The zero-order chi connectivity index (χ0) is 22.2. The summed E-state index contributed by atoms with van der Waals surface area (Å²) in [6.07, 6.45) is 1.17. The highest BCUT2D eigenvalue weighted by atomic mass is 16.5. The van der Waals surface area contributed by atoms with Crippen LogP contribution in [0.1, 0.15) is 23.1 Å². The van der Waals surface area contributed by atoms with Gasteiger partial charge in [-0.3, -0.25) is 9.69 Å². The van der Waals surface area contributed by atoms with Crippen LogP contribution in [0.2, 0.25) is 0 Å². The van der Waals surface area contributed by atoms with Crippen molar-refractivity contribution in [1.29, 1.82) is 5.26 Å². The van der Waals surface area contributed by atoms with E-state index in [9.17, 15) is 4.79 Å². The number of nitriles is 1. The molecule has 2 aromatic carbocycles. The maximum atomic E-state index is 12.6. The number of hydrogen-bond acceptors (Lipinski definition) is 6. The number of carbonyl (C=O) groups is 1. The van der Waals surface area contributed by atoms with Crippen LogP contribution in [0.5, 0.6) is 17.2 Å². The predicted octanol–water partition coefficient (Wildman–Crippen LogP) is 2.86. The molecule has 1 aliphatic heterocycles. The topological polar surface area (TPSA) is 75.0 Å². The molecule has 31 heavy (non-hydrogen) atoms. The van der Waals surface area contributed by atoms with E-state index in [1.54, 1.807) is 33.5 Å². The van der Waals surface area contributed by atoms with Gasteiger partial charge in [-0.2, -0.15) is 5.26 Å². The number of methoxy groups -OCH3 is 3. The van der Waals surface area contributed by atoms with Gasteiger partial charge >= 0.3 is 0 Å². The quantitative estimate of drug-likeness (QED) is 0.650. The maximum Gasteiger partial charge on any atom is 0.222 e. The molecule has 0 radical (unpaired) electrons. The van der Waals surface area contributed by atoms with E-state index in [2.05, 4.69) is 11.0 Å². The first-order valence-electron chi connectivity index (χ1n) is 10.4. The number of rotatable bonds is 8. The SMILES string of the molecule is COc1ccc(CN2CCN(C(=O)CCc3ccc(C#N)cc3)CC2)c(OC)c1OC. The first-order valence-corrected chi connectivity index (χ1v) is 10.4. The Bertz CT molecular complexity index is 929. The fourth-order valence-electron chi connectivity index (χ4n) is 3.84. The van der Waals surface area contributed by atoms with Gasteiger partial charge in [-0.05, 0) is 30.2 Å². The monoisotopic (exact) mass is 423 g/mol. The third-order valence-electron chi connectivity index (χ3n) is 5.62. The highest BCUT2D eigenvalue weighted by molar-refractivity contribution is 5.76. The van der Waals surface area contributed by atoms with Gasteiger partial charge in [0.2, 0.25) is 11.7 Å². The Morgan fingerprint density at radius 2 is 1.61 bits per heavy atom.